The highest BCUT2D eigenvalue weighted by molar-refractivity contribution is 6.35. The van der Waals surface area contributed by atoms with Gasteiger partial charge in [0.25, 0.3) is 5.91 Å². The molecule has 1 unspecified atom stereocenters. The molecule has 0 radical (unpaired) electrons. The van der Waals surface area contributed by atoms with Gasteiger partial charge in [-0.3, -0.25) is 4.79 Å². The predicted molar refractivity (Wildman–Crippen MR) is 136 cm³/mol. The first-order valence-corrected chi connectivity index (χ1v) is 11.4. The van der Waals surface area contributed by atoms with Gasteiger partial charge in [-0.25, -0.2) is 4.79 Å². The summed E-state index contributed by atoms with van der Waals surface area (Å²) in [5.41, 5.74) is 4.04. The molecule has 0 aliphatic heterocycles. The van der Waals surface area contributed by atoms with Crippen molar-refractivity contribution in [2.45, 2.75) is 13.0 Å². The van der Waals surface area contributed by atoms with E-state index in [1.807, 2.05) is 43.3 Å². The minimum absolute atomic E-state index is 0.135. The minimum atomic E-state index is -0.495. The standard InChI is InChI=1S/C26H21Cl2N3O4/c1-15(29-21-8-4-7-20(28)24(21)30-25(32)22-13-14-35-31-22)16-9-11-17(12-10-16)18-5-3-6-19(27)23(18)26(33)34-2/h3-15,29H,1-2H3,(H,30,32). The summed E-state index contributed by atoms with van der Waals surface area (Å²) in [6, 6.07) is 19.6. The van der Waals surface area contributed by atoms with Gasteiger partial charge in [-0.1, -0.05) is 70.8 Å². The number of nitrogens with one attached hydrogen (secondary N) is 2. The molecule has 0 aliphatic carbocycles. The number of hydrogen-bond donors (Lipinski definition) is 2. The van der Waals surface area contributed by atoms with Crippen LogP contribution in [0.5, 0.6) is 0 Å². The van der Waals surface area contributed by atoms with E-state index in [-0.39, 0.29) is 11.7 Å². The maximum atomic E-state index is 12.5. The lowest BCUT2D eigenvalue weighted by Gasteiger charge is -2.20. The number of aromatic nitrogens is 1. The third kappa shape index (κ3) is 5.31. The van der Waals surface area contributed by atoms with E-state index in [4.69, 9.17) is 32.5 Å². The summed E-state index contributed by atoms with van der Waals surface area (Å²) in [7, 11) is 1.32. The monoisotopic (exact) mass is 509 g/mol. The fourth-order valence-corrected chi connectivity index (χ4v) is 4.09. The molecule has 178 valence electrons. The molecule has 0 spiro atoms. The average Bonchev–Trinajstić information content (AvgIpc) is 3.41. The molecule has 0 fully saturated rings. The van der Waals surface area contributed by atoms with Gasteiger partial charge in [0, 0.05) is 12.1 Å². The zero-order valence-electron chi connectivity index (χ0n) is 18.8. The van der Waals surface area contributed by atoms with Gasteiger partial charge >= 0.3 is 5.97 Å². The Kier molecular flexibility index (Phi) is 7.39. The fraction of sp³-hybridized carbons (Fsp3) is 0.115. The Hall–Kier alpha value is -3.81. The maximum absolute atomic E-state index is 12.5. The van der Waals surface area contributed by atoms with Crippen molar-refractivity contribution in [2.75, 3.05) is 17.7 Å². The summed E-state index contributed by atoms with van der Waals surface area (Å²) in [4.78, 5) is 24.7. The molecule has 0 aliphatic rings. The maximum Gasteiger partial charge on any atom is 0.340 e. The fourth-order valence-electron chi connectivity index (χ4n) is 3.62. The van der Waals surface area contributed by atoms with Gasteiger partial charge in [-0.05, 0) is 41.8 Å². The van der Waals surface area contributed by atoms with Crippen molar-refractivity contribution < 1.29 is 18.8 Å². The van der Waals surface area contributed by atoms with E-state index in [1.165, 1.54) is 19.4 Å². The third-order valence-corrected chi connectivity index (χ3v) is 6.05. The van der Waals surface area contributed by atoms with E-state index in [0.29, 0.717) is 32.5 Å². The number of para-hydroxylation sites is 1. The van der Waals surface area contributed by atoms with E-state index >= 15 is 0 Å². The van der Waals surface area contributed by atoms with E-state index in [2.05, 4.69) is 15.8 Å². The molecule has 3 aromatic carbocycles. The van der Waals surface area contributed by atoms with Crippen LogP contribution in [0.15, 0.2) is 77.5 Å². The van der Waals surface area contributed by atoms with Crippen LogP contribution in [0.25, 0.3) is 11.1 Å². The number of ether oxygens (including phenoxy) is 1. The summed E-state index contributed by atoms with van der Waals surface area (Å²) >= 11 is 12.6. The predicted octanol–water partition coefficient (Wildman–Crippen LogP) is 6.86. The number of halogens is 2. The summed E-state index contributed by atoms with van der Waals surface area (Å²) < 4.78 is 9.63. The van der Waals surface area contributed by atoms with Gasteiger partial charge in [0.1, 0.15) is 6.26 Å². The second-order valence-corrected chi connectivity index (χ2v) is 8.46. The number of carbonyl (C=O) groups is 2. The van der Waals surface area contributed by atoms with Crippen molar-refractivity contribution in [3.63, 3.8) is 0 Å². The Morgan fingerprint density at radius 2 is 1.69 bits per heavy atom. The first-order valence-electron chi connectivity index (χ1n) is 10.6. The van der Waals surface area contributed by atoms with Gasteiger partial charge in [0.05, 0.1) is 34.1 Å². The second-order valence-electron chi connectivity index (χ2n) is 7.64. The smallest absolute Gasteiger partial charge is 0.340 e. The Morgan fingerprint density at radius 3 is 2.37 bits per heavy atom. The summed E-state index contributed by atoms with van der Waals surface area (Å²) in [6.45, 7) is 1.98. The van der Waals surface area contributed by atoms with Crippen LogP contribution in [0.3, 0.4) is 0 Å². The molecule has 0 bridgehead atoms. The van der Waals surface area contributed by atoms with Crippen LogP contribution in [-0.4, -0.2) is 24.1 Å². The lowest BCUT2D eigenvalue weighted by atomic mass is 9.97. The molecule has 0 saturated carbocycles. The Bertz CT molecular complexity index is 1360. The van der Waals surface area contributed by atoms with Crippen LogP contribution in [0, 0.1) is 0 Å². The second kappa shape index (κ2) is 10.6. The first kappa shape index (κ1) is 24.3. The zero-order valence-corrected chi connectivity index (χ0v) is 20.4. The van der Waals surface area contributed by atoms with Crippen LogP contribution in [-0.2, 0) is 4.74 Å². The van der Waals surface area contributed by atoms with Crippen molar-refractivity contribution >= 4 is 46.5 Å². The SMILES string of the molecule is COC(=O)c1c(Cl)cccc1-c1ccc(C(C)Nc2cccc(Cl)c2NC(=O)c2ccon2)cc1. The Labute approximate surface area is 212 Å². The van der Waals surface area contributed by atoms with Gasteiger partial charge in [0.15, 0.2) is 5.69 Å². The molecule has 1 heterocycles. The molecule has 2 N–H and O–H groups in total. The number of carbonyl (C=O) groups excluding carboxylic acids is 2. The van der Waals surface area contributed by atoms with E-state index in [0.717, 1.165) is 11.1 Å². The van der Waals surface area contributed by atoms with Crippen LogP contribution in [0.1, 0.15) is 39.4 Å². The highest BCUT2D eigenvalue weighted by Crippen LogP contribution is 2.34. The minimum Gasteiger partial charge on any atom is -0.465 e. The number of amides is 1. The zero-order chi connectivity index (χ0) is 24.9. The number of nitrogens with zero attached hydrogens (tertiary/aromatic N) is 1. The van der Waals surface area contributed by atoms with Crippen LogP contribution in [0.2, 0.25) is 10.0 Å². The number of rotatable bonds is 7. The first-order chi connectivity index (χ1) is 16.9. The topological polar surface area (TPSA) is 93.5 Å². The summed E-state index contributed by atoms with van der Waals surface area (Å²) in [5, 5.41) is 10.5. The summed E-state index contributed by atoms with van der Waals surface area (Å²) in [6.07, 6.45) is 1.32. The lowest BCUT2D eigenvalue weighted by molar-refractivity contribution is 0.0601. The Morgan fingerprint density at radius 1 is 0.971 bits per heavy atom. The quantitative estimate of drug-likeness (QED) is 0.264. The number of hydrogen-bond acceptors (Lipinski definition) is 6. The number of methoxy groups -OCH3 is 1. The van der Waals surface area contributed by atoms with Gasteiger partial charge in [-0.2, -0.15) is 0 Å². The van der Waals surface area contributed by atoms with Crippen LogP contribution >= 0.6 is 23.2 Å². The molecule has 0 saturated heterocycles. The van der Waals surface area contributed by atoms with Crippen molar-refractivity contribution in [3.8, 4) is 11.1 Å². The number of anilines is 2. The largest absolute Gasteiger partial charge is 0.465 e. The normalized spacial score (nSPS) is 11.5. The molecule has 9 heteroatoms. The van der Waals surface area contributed by atoms with Crippen molar-refractivity contribution in [1.29, 1.82) is 0 Å². The number of benzene rings is 3. The number of esters is 1. The third-order valence-electron chi connectivity index (χ3n) is 5.42. The molecule has 7 nitrogen and oxygen atoms in total. The van der Waals surface area contributed by atoms with Gasteiger partial charge < -0.3 is 19.9 Å². The average molecular weight is 510 g/mol. The van der Waals surface area contributed by atoms with E-state index in [9.17, 15) is 9.59 Å². The highest BCUT2D eigenvalue weighted by Gasteiger charge is 2.19. The van der Waals surface area contributed by atoms with Crippen LogP contribution < -0.4 is 10.6 Å². The van der Waals surface area contributed by atoms with Crippen molar-refractivity contribution in [1.82, 2.24) is 5.16 Å². The molecule has 1 atom stereocenters. The molecule has 35 heavy (non-hydrogen) atoms. The molecule has 1 amide bonds. The van der Waals surface area contributed by atoms with Gasteiger partial charge in [0.2, 0.25) is 0 Å². The summed E-state index contributed by atoms with van der Waals surface area (Å²) in [5.74, 6) is -0.930. The molecule has 4 rings (SSSR count). The van der Waals surface area contributed by atoms with Crippen molar-refractivity contribution in [3.05, 3.63) is 99.9 Å². The van der Waals surface area contributed by atoms with Gasteiger partial charge in [-0.15, -0.1) is 0 Å². The molecular weight excluding hydrogens is 489 g/mol. The van der Waals surface area contributed by atoms with E-state index < -0.39 is 11.9 Å². The van der Waals surface area contributed by atoms with E-state index in [1.54, 1.807) is 24.3 Å². The van der Waals surface area contributed by atoms with Crippen LogP contribution in [0.4, 0.5) is 11.4 Å². The molecule has 4 aromatic rings. The lowest BCUT2D eigenvalue weighted by Crippen LogP contribution is -2.15. The van der Waals surface area contributed by atoms with Crippen molar-refractivity contribution in [2.24, 2.45) is 0 Å². The molecule has 1 aromatic heterocycles. The Balaban J connectivity index is 1.56. The highest BCUT2D eigenvalue weighted by atomic mass is 35.5. The molecular formula is C26H21Cl2N3O4.